The SMILES string of the molecule is O=C(CC[C@H]1NC(=O)N(Cc2ccco2)C1=O)NCCn1cnc2ccccc21. The van der Waals surface area contributed by atoms with Gasteiger partial charge in [-0.25, -0.2) is 9.78 Å². The van der Waals surface area contributed by atoms with E-state index in [9.17, 15) is 14.4 Å². The van der Waals surface area contributed by atoms with Gasteiger partial charge in [-0.1, -0.05) is 12.1 Å². The van der Waals surface area contributed by atoms with Gasteiger partial charge in [-0.2, -0.15) is 0 Å². The lowest BCUT2D eigenvalue weighted by molar-refractivity contribution is -0.128. The molecule has 2 N–H and O–H groups in total. The van der Waals surface area contributed by atoms with Crippen molar-refractivity contribution in [2.75, 3.05) is 6.54 Å². The van der Waals surface area contributed by atoms with E-state index in [0.717, 1.165) is 15.9 Å². The normalized spacial score (nSPS) is 16.4. The quantitative estimate of drug-likeness (QED) is 0.564. The maximum absolute atomic E-state index is 12.4. The van der Waals surface area contributed by atoms with E-state index in [2.05, 4.69) is 15.6 Å². The average Bonchev–Trinajstić information content (AvgIpc) is 3.44. The molecule has 0 aliphatic carbocycles. The number of urea groups is 1. The first kappa shape index (κ1) is 18.7. The molecule has 3 aromatic rings. The fourth-order valence-corrected chi connectivity index (χ4v) is 3.35. The van der Waals surface area contributed by atoms with Crippen LogP contribution in [0.5, 0.6) is 0 Å². The Morgan fingerprint density at radius 3 is 2.90 bits per heavy atom. The third kappa shape index (κ3) is 4.13. The molecule has 4 rings (SSSR count). The van der Waals surface area contributed by atoms with E-state index < -0.39 is 12.1 Å². The molecule has 1 atom stereocenters. The number of furan rings is 1. The van der Waals surface area contributed by atoms with Crippen molar-refractivity contribution in [3.63, 3.8) is 0 Å². The van der Waals surface area contributed by atoms with E-state index in [1.54, 1.807) is 18.5 Å². The maximum atomic E-state index is 12.4. The molecule has 4 amide bonds. The Kier molecular flexibility index (Phi) is 5.28. The lowest BCUT2D eigenvalue weighted by Gasteiger charge is -2.11. The Hall–Kier alpha value is -3.62. The van der Waals surface area contributed by atoms with Crippen molar-refractivity contribution in [1.29, 1.82) is 0 Å². The number of carbonyl (C=O) groups is 3. The van der Waals surface area contributed by atoms with E-state index in [1.807, 2.05) is 28.8 Å². The summed E-state index contributed by atoms with van der Waals surface area (Å²) in [5.74, 6) is 0.0176. The van der Waals surface area contributed by atoms with Crippen LogP contribution in [0, 0.1) is 0 Å². The van der Waals surface area contributed by atoms with Crippen LogP contribution in [0.25, 0.3) is 11.0 Å². The van der Waals surface area contributed by atoms with Crippen LogP contribution in [0.2, 0.25) is 0 Å². The van der Waals surface area contributed by atoms with Crippen LogP contribution in [0.3, 0.4) is 0 Å². The molecule has 0 saturated carbocycles. The zero-order valence-electron chi connectivity index (χ0n) is 15.7. The van der Waals surface area contributed by atoms with Crippen LogP contribution >= 0.6 is 0 Å². The van der Waals surface area contributed by atoms with E-state index in [0.29, 0.717) is 18.8 Å². The largest absolute Gasteiger partial charge is 0.467 e. The summed E-state index contributed by atoms with van der Waals surface area (Å²) in [6, 6.07) is 10.0. The fourth-order valence-electron chi connectivity index (χ4n) is 3.35. The second-order valence-electron chi connectivity index (χ2n) is 6.82. The Balaban J connectivity index is 1.22. The highest BCUT2D eigenvalue weighted by Gasteiger charge is 2.38. The Morgan fingerprint density at radius 1 is 1.21 bits per heavy atom. The van der Waals surface area contributed by atoms with Gasteiger partial charge in [0.1, 0.15) is 11.8 Å². The third-order valence-electron chi connectivity index (χ3n) is 4.86. The smallest absolute Gasteiger partial charge is 0.325 e. The minimum absolute atomic E-state index is 0.0826. The van der Waals surface area contributed by atoms with Crippen LogP contribution in [0.4, 0.5) is 4.79 Å². The summed E-state index contributed by atoms with van der Waals surface area (Å²) in [4.78, 5) is 42.0. The van der Waals surface area contributed by atoms with Gasteiger partial charge < -0.3 is 19.6 Å². The summed E-state index contributed by atoms with van der Waals surface area (Å²) >= 11 is 0. The van der Waals surface area contributed by atoms with Crippen molar-refractivity contribution >= 4 is 28.9 Å². The molecule has 1 aliphatic rings. The molecule has 0 spiro atoms. The van der Waals surface area contributed by atoms with Gasteiger partial charge in [-0.05, 0) is 30.7 Å². The van der Waals surface area contributed by atoms with E-state index in [-0.39, 0.29) is 31.2 Å². The summed E-state index contributed by atoms with van der Waals surface area (Å²) < 4.78 is 7.16. The van der Waals surface area contributed by atoms with E-state index in [1.165, 1.54) is 6.26 Å². The number of imide groups is 1. The number of nitrogens with one attached hydrogen (secondary N) is 2. The van der Waals surface area contributed by atoms with Gasteiger partial charge in [0.2, 0.25) is 5.91 Å². The second kappa shape index (κ2) is 8.17. The van der Waals surface area contributed by atoms with Crippen LogP contribution in [-0.2, 0) is 22.7 Å². The number of hydrogen-bond donors (Lipinski definition) is 2. The molecule has 0 radical (unpaired) electrons. The summed E-state index contributed by atoms with van der Waals surface area (Å²) in [6.45, 7) is 1.14. The molecule has 3 heterocycles. The van der Waals surface area contributed by atoms with Gasteiger partial charge in [0.05, 0.1) is 30.2 Å². The molecule has 1 fully saturated rings. The van der Waals surface area contributed by atoms with Crippen LogP contribution < -0.4 is 10.6 Å². The standard InChI is InChI=1S/C20H21N5O4/c26-18(21-9-10-24-13-22-15-5-1-2-6-17(15)24)8-7-16-19(27)25(20(28)23-16)12-14-4-3-11-29-14/h1-6,11,13,16H,7-10,12H2,(H,21,26)(H,23,28)/t16-/m1/s1. The van der Waals surface area contributed by atoms with Crippen molar-refractivity contribution < 1.29 is 18.8 Å². The predicted octanol–water partition coefficient (Wildman–Crippen LogP) is 1.65. The molecule has 9 nitrogen and oxygen atoms in total. The van der Waals surface area contributed by atoms with Gasteiger partial charge in [0.15, 0.2) is 0 Å². The lowest BCUT2D eigenvalue weighted by atomic mass is 10.1. The average molecular weight is 395 g/mol. The Morgan fingerprint density at radius 2 is 2.07 bits per heavy atom. The van der Waals surface area contributed by atoms with Crippen molar-refractivity contribution in [3.05, 3.63) is 54.7 Å². The van der Waals surface area contributed by atoms with Crippen LogP contribution in [-0.4, -0.2) is 44.9 Å². The molecule has 9 heteroatoms. The first-order chi connectivity index (χ1) is 14.1. The number of benzene rings is 1. The molecule has 150 valence electrons. The summed E-state index contributed by atoms with van der Waals surface area (Å²) in [5, 5.41) is 5.47. The zero-order chi connectivity index (χ0) is 20.2. The molecular weight excluding hydrogens is 374 g/mol. The number of nitrogens with zero attached hydrogens (tertiary/aromatic N) is 3. The zero-order valence-corrected chi connectivity index (χ0v) is 15.7. The van der Waals surface area contributed by atoms with Crippen molar-refractivity contribution in [2.45, 2.75) is 32.0 Å². The number of rotatable bonds is 8. The van der Waals surface area contributed by atoms with Crippen molar-refractivity contribution in [3.8, 4) is 0 Å². The highest BCUT2D eigenvalue weighted by molar-refractivity contribution is 6.04. The number of fused-ring (bicyclic) bond motifs is 1. The van der Waals surface area contributed by atoms with Gasteiger partial charge in [0.25, 0.3) is 5.91 Å². The molecule has 2 aromatic heterocycles. The first-order valence-corrected chi connectivity index (χ1v) is 9.42. The van der Waals surface area contributed by atoms with Gasteiger partial charge in [-0.3, -0.25) is 14.5 Å². The number of para-hydroxylation sites is 2. The van der Waals surface area contributed by atoms with Gasteiger partial charge in [0, 0.05) is 19.5 Å². The van der Waals surface area contributed by atoms with E-state index >= 15 is 0 Å². The Labute approximate surface area is 166 Å². The molecule has 0 unspecified atom stereocenters. The topological polar surface area (TPSA) is 109 Å². The van der Waals surface area contributed by atoms with Crippen LogP contribution in [0.15, 0.2) is 53.4 Å². The monoisotopic (exact) mass is 395 g/mol. The molecular formula is C20H21N5O4. The molecule has 29 heavy (non-hydrogen) atoms. The van der Waals surface area contributed by atoms with Crippen LogP contribution in [0.1, 0.15) is 18.6 Å². The summed E-state index contributed by atoms with van der Waals surface area (Å²) in [6.07, 6.45) is 3.63. The second-order valence-corrected chi connectivity index (χ2v) is 6.82. The molecule has 1 aliphatic heterocycles. The third-order valence-corrected chi connectivity index (χ3v) is 4.86. The minimum Gasteiger partial charge on any atom is -0.467 e. The Bertz CT molecular complexity index is 1030. The summed E-state index contributed by atoms with van der Waals surface area (Å²) in [5.41, 5.74) is 1.92. The van der Waals surface area contributed by atoms with Crippen molar-refractivity contribution in [2.24, 2.45) is 0 Å². The van der Waals surface area contributed by atoms with E-state index in [4.69, 9.17) is 4.42 Å². The lowest BCUT2D eigenvalue weighted by Crippen LogP contribution is -2.33. The molecule has 1 aromatic carbocycles. The number of imidazole rings is 1. The van der Waals surface area contributed by atoms with Gasteiger partial charge >= 0.3 is 6.03 Å². The van der Waals surface area contributed by atoms with Gasteiger partial charge in [-0.15, -0.1) is 0 Å². The molecule has 0 bridgehead atoms. The highest BCUT2D eigenvalue weighted by Crippen LogP contribution is 2.15. The number of aromatic nitrogens is 2. The number of carbonyl (C=O) groups excluding carboxylic acids is 3. The number of amides is 4. The predicted molar refractivity (Wildman–Crippen MR) is 104 cm³/mol. The fraction of sp³-hybridized carbons (Fsp3) is 0.300. The summed E-state index contributed by atoms with van der Waals surface area (Å²) in [7, 11) is 0. The molecule has 1 saturated heterocycles. The minimum atomic E-state index is -0.694. The first-order valence-electron chi connectivity index (χ1n) is 9.42. The maximum Gasteiger partial charge on any atom is 0.325 e. The number of hydrogen-bond acceptors (Lipinski definition) is 5. The van der Waals surface area contributed by atoms with Crippen molar-refractivity contribution in [1.82, 2.24) is 25.1 Å². The highest BCUT2D eigenvalue weighted by atomic mass is 16.3.